The maximum absolute atomic E-state index is 13.5. The van der Waals surface area contributed by atoms with Crippen LogP contribution in [0.5, 0.6) is 0 Å². The summed E-state index contributed by atoms with van der Waals surface area (Å²) in [6, 6.07) is 0.263. The lowest BCUT2D eigenvalue weighted by Gasteiger charge is -2.25. The second kappa shape index (κ2) is 5.91. The van der Waals surface area contributed by atoms with E-state index in [4.69, 9.17) is 11.6 Å². The third-order valence-electron chi connectivity index (χ3n) is 3.21. The number of hydrogen-bond donors (Lipinski definition) is 1. The molecule has 1 aromatic carbocycles. The van der Waals surface area contributed by atoms with Crippen molar-refractivity contribution in [3.8, 4) is 0 Å². The number of nitrogens with one attached hydrogen (secondary N) is 1. The molecule has 1 N–H and O–H groups in total. The van der Waals surface area contributed by atoms with Gasteiger partial charge in [0.2, 0.25) is 10.0 Å². The number of alkyl halides is 1. The van der Waals surface area contributed by atoms with Crippen LogP contribution < -0.4 is 4.72 Å². The van der Waals surface area contributed by atoms with Crippen molar-refractivity contribution in [3.63, 3.8) is 0 Å². The predicted molar refractivity (Wildman–Crippen MR) is 68.5 cm³/mol. The molecule has 112 valence electrons. The van der Waals surface area contributed by atoms with Crippen molar-refractivity contribution < 1.29 is 21.6 Å². The molecule has 1 aliphatic rings. The molecule has 1 aromatic rings. The third-order valence-corrected chi connectivity index (χ3v) is 5.22. The van der Waals surface area contributed by atoms with Gasteiger partial charge in [-0.3, -0.25) is 0 Å². The lowest BCUT2D eigenvalue weighted by Crippen LogP contribution is -2.38. The van der Waals surface area contributed by atoms with Crippen molar-refractivity contribution in [2.45, 2.75) is 42.0 Å². The smallest absolute Gasteiger partial charge is 0.208 e. The first-order valence-electron chi connectivity index (χ1n) is 6.10. The first-order valence-corrected chi connectivity index (χ1v) is 8.02. The first kappa shape index (κ1) is 15.6. The zero-order valence-electron chi connectivity index (χ0n) is 10.4. The highest BCUT2D eigenvalue weighted by Crippen LogP contribution is 2.26. The van der Waals surface area contributed by atoms with E-state index in [-0.39, 0.29) is 5.38 Å². The summed E-state index contributed by atoms with van der Waals surface area (Å²) in [7, 11) is -4.37. The topological polar surface area (TPSA) is 46.2 Å². The van der Waals surface area contributed by atoms with E-state index in [9.17, 15) is 21.6 Å². The van der Waals surface area contributed by atoms with Gasteiger partial charge in [-0.25, -0.2) is 26.3 Å². The number of halogens is 4. The van der Waals surface area contributed by atoms with Crippen LogP contribution in [0.4, 0.5) is 13.2 Å². The van der Waals surface area contributed by atoms with E-state index in [2.05, 4.69) is 4.72 Å². The van der Waals surface area contributed by atoms with E-state index in [0.29, 0.717) is 37.8 Å². The highest BCUT2D eigenvalue weighted by atomic mass is 35.5. The van der Waals surface area contributed by atoms with Gasteiger partial charge in [0.15, 0.2) is 4.90 Å². The molecule has 0 bridgehead atoms. The fourth-order valence-electron chi connectivity index (χ4n) is 2.23. The fraction of sp³-hybridized carbons (Fsp3) is 0.500. The number of sulfonamides is 1. The van der Waals surface area contributed by atoms with Crippen LogP contribution in [0.15, 0.2) is 17.0 Å². The van der Waals surface area contributed by atoms with Gasteiger partial charge in [-0.05, 0) is 25.7 Å². The van der Waals surface area contributed by atoms with Crippen LogP contribution in [0.25, 0.3) is 0 Å². The average Bonchev–Trinajstić information content (AvgIpc) is 2.30. The van der Waals surface area contributed by atoms with Gasteiger partial charge in [0, 0.05) is 23.6 Å². The molecule has 20 heavy (non-hydrogen) atoms. The van der Waals surface area contributed by atoms with Crippen LogP contribution in [-0.4, -0.2) is 19.8 Å². The molecule has 0 saturated heterocycles. The Balaban J connectivity index is 2.23. The second-order valence-corrected chi connectivity index (χ2v) is 7.04. The Morgan fingerprint density at radius 3 is 2.05 bits per heavy atom. The maximum atomic E-state index is 13.5. The summed E-state index contributed by atoms with van der Waals surface area (Å²) in [5, 5.41) is -0.00459. The third kappa shape index (κ3) is 3.45. The Bertz CT molecular complexity index is 578. The van der Waals surface area contributed by atoms with E-state index >= 15 is 0 Å². The molecular formula is C12H13ClF3NO2S. The molecule has 1 aliphatic carbocycles. The average molecular weight is 328 g/mol. The van der Waals surface area contributed by atoms with Crippen LogP contribution in [0.1, 0.15) is 25.7 Å². The lowest BCUT2D eigenvalue weighted by atomic mass is 9.96. The number of benzene rings is 1. The van der Waals surface area contributed by atoms with Crippen LogP contribution in [-0.2, 0) is 10.0 Å². The minimum Gasteiger partial charge on any atom is -0.208 e. The van der Waals surface area contributed by atoms with Gasteiger partial charge in [0.25, 0.3) is 0 Å². The van der Waals surface area contributed by atoms with Gasteiger partial charge >= 0.3 is 0 Å². The summed E-state index contributed by atoms with van der Waals surface area (Å²) >= 11 is 5.90. The van der Waals surface area contributed by atoms with E-state index in [1.807, 2.05) is 0 Å². The molecule has 8 heteroatoms. The van der Waals surface area contributed by atoms with Crippen molar-refractivity contribution in [3.05, 3.63) is 29.6 Å². The zero-order valence-corrected chi connectivity index (χ0v) is 11.9. The molecule has 1 fully saturated rings. The van der Waals surface area contributed by atoms with Crippen LogP contribution in [0.2, 0.25) is 0 Å². The van der Waals surface area contributed by atoms with E-state index < -0.39 is 38.4 Å². The summed E-state index contributed by atoms with van der Waals surface area (Å²) in [5.41, 5.74) is 0. The molecule has 0 amide bonds. The van der Waals surface area contributed by atoms with Crippen molar-refractivity contribution in [2.24, 2.45) is 0 Å². The van der Waals surface area contributed by atoms with E-state index in [0.717, 1.165) is 0 Å². The predicted octanol–water partition coefficient (Wildman–Crippen LogP) is 2.93. The molecule has 0 heterocycles. The Morgan fingerprint density at radius 1 is 1.05 bits per heavy atom. The van der Waals surface area contributed by atoms with Gasteiger partial charge in [0.1, 0.15) is 17.5 Å². The standard InChI is InChI=1S/C12H13ClF3NO2S/c13-7-1-3-9(4-2-7)17-20(18,19)12-10(15)5-8(14)6-11(12)16/h5-7,9,17H,1-4H2. The quantitative estimate of drug-likeness (QED) is 0.868. The summed E-state index contributed by atoms with van der Waals surface area (Å²) < 4.78 is 66.0. The van der Waals surface area contributed by atoms with Crippen LogP contribution in [0, 0.1) is 17.5 Å². The molecule has 0 unspecified atom stereocenters. The molecule has 0 aliphatic heterocycles. The summed E-state index contributed by atoms with van der Waals surface area (Å²) in [4.78, 5) is -1.15. The molecular weight excluding hydrogens is 315 g/mol. The fourth-order valence-corrected chi connectivity index (χ4v) is 3.91. The van der Waals surface area contributed by atoms with Gasteiger partial charge in [-0.2, -0.15) is 0 Å². The number of hydrogen-bond acceptors (Lipinski definition) is 2. The zero-order chi connectivity index (χ0) is 14.9. The molecule has 1 saturated carbocycles. The summed E-state index contributed by atoms with van der Waals surface area (Å²) in [6.07, 6.45) is 2.25. The normalized spacial score (nSPS) is 23.8. The largest absolute Gasteiger partial charge is 0.246 e. The van der Waals surface area contributed by atoms with E-state index in [1.54, 1.807) is 0 Å². The van der Waals surface area contributed by atoms with Crippen molar-refractivity contribution >= 4 is 21.6 Å². The van der Waals surface area contributed by atoms with Crippen LogP contribution in [0.3, 0.4) is 0 Å². The van der Waals surface area contributed by atoms with Crippen LogP contribution >= 0.6 is 11.6 Å². The Kier molecular flexibility index (Phi) is 4.61. The van der Waals surface area contributed by atoms with E-state index in [1.165, 1.54) is 0 Å². The molecule has 0 radical (unpaired) electrons. The van der Waals surface area contributed by atoms with Gasteiger partial charge in [-0.1, -0.05) is 0 Å². The van der Waals surface area contributed by atoms with Gasteiger partial charge in [0.05, 0.1) is 0 Å². The second-order valence-electron chi connectivity index (χ2n) is 4.77. The van der Waals surface area contributed by atoms with Crippen molar-refractivity contribution in [2.75, 3.05) is 0 Å². The number of rotatable bonds is 3. The summed E-state index contributed by atoms with van der Waals surface area (Å²) in [6.45, 7) is 0. The SMILES string of the molecule is O=S(=O)(NC1CCC(Cl)CC1)c1c(F)cc(F)cc1F. The van der Waals surface area contributed by atoms with Gasteiger partial charge in [-0.15, -0.1) is 11.6 Å². The Hall–Kier alpha value is -0.790. The highest BCUT2D eigenvalue weighted by Gasteiger charge is 2.29. The lowest BCUT2D eigenvalue weighted by molar-refractivity contribution is 0.413. The highest BCUT2D eigenvalue weighted by molar-refractivity contribution is 7.89. The molecule has 2 rings (SSSR count). The van der Waals surface area contributed by atoms with Crippen molar-refractivity contribution in [1.29, 1.82) is 0 Å². The molecule has 0 aromatic heterocycles. The van der Waals surface area contributed by atoms with Gasteiger partial charge < -0.3 is 0 Å². The first-order chi connectivity index (χ1) is 9.29. The molecule has 0 atom stereocenters. The molecule has 3 nitrogen and oxygen atoms in total. The Morgan fingerprint density at radius 2 is 1.55 bits per heavy atom. The monoisotopic (exact) mass is 327 g/mol. The minimum atomic E-state index is -4.37. The Labute approximate surface area is 120 Å². The maximum Gasteiger partial charge on any atom is 0.246 e. The van der Waals surface area contributed by atoms with Crippen molar-refractivity contribution in [1.82, 2.24) is 4.72 Å². The minimum absolute atomic E-state index is 0.00459. The summed E-state index contributed by atoms with van der Waals surface area (Å²) in [5.74, 6) is -4.05. The molecule has 0 spiro atoms.